The van der Waals surface area contributed by atoms with Crippen LogP contribution in [-0.4, -0.2) is 34.0 Å². The van der Waals surface area contributed by atoms with E-state index in [1.165, 1.54) is 0 Å². The molecule has 1 fully saturated rings. The standard InChI is InChI=1S/C21H23N3O2/c1-15(25)23-13-7-11-19(23)21-22-17-9-4-5-10-18(17)24(21)14-16-8-3-6-12-20(16)26-2/h3-6,8-10,12,19H,7,11,13-14H2,1-2H3/t19-/m1/s1. The summed E-state index contributed by atoms with van der Waals surface area (Å²) in [5.74, 6) is 1.94. The molecule has 0 unspecified atom stereocenters. The highest BCUT2D eigenvalue weighted by molar-refractivity contribution is 5.77. The molecule has 3 aromatic rings. The SMILES string of the molecule is COc1ccccc1Cn1c([C@H]2CCCN2C(C)=O)nc2ccccc21. The molecule has 0 saturated carbocycles. The maximum atomic E-state index is 12.1. The second-order valence-electron chi connectivity index (χ2n) is 6.73. The van der Waals surface area contributed by atoms with E-state index in [0.29, 0.717) is 6.54 Å². The van der Waals surface area contributed by atoms with Crippen LogP contribution in [0.15, 0.2) is 48.5 Å². The summed E-state index contributed by atoms with van der Waals surface area (Å²) in [6.45, 7) is 3.12. The average molecular weight is 349 g/mol. The normalized spacial score (nSPS) is 17.0. The lowest BCUT2D eigenvalue weighted by atomic mass is 10.1. The van der Waals surface area contributed by atoms with Crippen molar-refractivity contribution in [2.75, 3.05) is 13.7 Å². The number of aromatic nitrogens is 2. The maximum absolute atomic E-state index is 12.1. The van der Waals surface area contributed by atoms with Gasteiger partial charge in [0.1, 0.15) is 11.6 Å². The summed E-state index contributed by atoms with van der Waals surface area (Å²) in [4.78, 5) is 18.9. The zero-order chi connectivity index (χ0) is 18.1. The van der Waals surface area contributed by atoms with Crippen LogP contribution in [0.25, 0.3) is 11.0 Å². The predicted octanol–water partition coefficient (Wildman–Crippen LogP) is 3.78. The van der Waals surface area contributed by atoms with Crippen LogP contribution < -0.4 is 4.74 Å². The van der Waals surface area contributed by atoms with E-state index in [2.05, 4.69) is 16.7 Å². The molecule has 0 N–H and O–H groups in total. The first-order chi connectivity index (χ1) is 12.7. The Balaban J connectivity index is 1.83. The summed E-state index contributed by atoms with van der Waals surface area (Å²) in [6, 6.07) is 16.2. The van der Waals surface area contributed by atoms with Gasteiger partial charge in [-0.15, -0.1) is 0 Å². The van der Waals surface area contributed by atoms with E-state index >= 15 is 0 Å². The zero-order valence-electron chi connectivity index (χ0n) is 15.2. The topological polar surface area (TPSA) is 47.4 Å². The monoisotopic (exact) mass is 349 g/mol. The molecule has 26 heavy (non-hydrogen) atoms. The molecule has 1 atom stereocenters. The highest BCUT2D eigenvalue weighted by atomic mass is 16.5. The Kier molecular flexibility index (Phi) is 4.37. The van der Waals surface area contributed by atoms with Crippen molar-refractivity contribution in [1.82, 2.24) is 14.5 Å². The molecule has 1 saturated heterocycles. The Morgan fingerprint density at radius 2 is 1.96 bits per heavy atom. The molecule has 5 heteroatoms. The Hall–Kier alpha value is -2.82. The molecule has 0 radical (unpaired) electrons. The van der Waals surface area contributed by atoms with Crippen molar-refractivity contribution in [1.29, 1.82) is 0 Å². The van der Waals surface area contributed by atoms with Gasteiger partial charge in [-0.2, -0.15) is 0 Å². The van der Waals surface area contributed by atoms with Crippen LogP contribution in [0.4, 0.5) is 0 Å². The molecule has 0 aliphatic carbocycles. The van der Waals surface area contributed by atoms with E-state index in [-0.39, 0.29) is 11.9 Å². The Morgan fingerprint density at radius 3 is 2.77 bits per heavy atom. The second-order valence-corrected chi connectivity index (χ2v) is 6.73. The van der Waals surface area contributed by atoms with Crippen LogP contribution in [-0.2, 0) is 11.3 Å². The van der Waals surface area contributed by atoms with Crippen molar-refractivity contribution in [3.8, 4) is 5.75 Å². The third-order valence-corrected chi connectivity index (χ3v) is 5.16. The molecule has 1 aliphatic heterocycles. The van der Waals surface area contributed by atoms with E-state index in [4.69, 9.17) is 9.72 Å². The van der Waals surface area contributed by atoms with Gasteiger partial charge in [0.05, 0.1) is 30.7 Å². The maximum Gasteiger partial charge on any atom is 0.220 e. The van der Waals surface area contributed by atoms with Gasteiger partial charge >= 0.3 is 0 Å². The smallest absolute Gasteiger partial charge is 0.220 e. The zero-order valence-corrected chi connectivity index (χ0v) is 15.2. The van der Waals surface area contributed by atoms with Crippen molar-refractivity contribution in [3.05, 3.63) is 59.9 Å². The highest BCUT2D eigenvalue weighted by Gasteiger charge is 2.32. The first kappa shape index (κ1) is 16.6. The van der Waals surface area contributed by atoms with E-state index < -0.39 is 0 Å². The van der Waals surface area contributed by atoms with Crippen molar-refractivity contribution in [2.45, 2.75) is 32.4 Å². The molecule has 2 aromatic carbocycles. The molecule has 4 rings (SSSR count). The van der Waals surface area contributed by atoms with Crippen molar-refractivity contribution >= 4 is 16.9 Å². The number of fused-ring (bicyclic) bond motifs is 1. The van der Waals surface area contributed by atoms with E-state index in [0.717, 1.165) is 47.6 Å². The van der Waals surface area contributed by atoms with E-state index in [1.54, 1.807) is 14.0 Å². The van der Waals surface area contributed by atoms with Crippen LogP contribution in [0.1, 0.15) is 37.2 Å². The minimum absolute atomic E-state index is 0.0367. The number of imidazole rings is 1. The lowest BCUT2D eigenvalue weighted by Crippen LogP contribution is -2.30. The molecule has 1 aromatic heterocycles. The van der Waals surface area contributed by atoms with Crippen molar-refractivity contribution < 1.29 is 9.53 Å². The number of likely N-dealkylation sites (tertiary alicyclic amines) is 1. The number of carbonyl (C=O) groups is 1. The average Bonchev–Trinajstić information content (AvgIpc) is 3.27. The lowest BCUT2D eigenvalue weighted by molar-refractivity contribution is -0.129. The van der Waals surface area contributed by atoms with Crippen LogP contribution in [0.3, 0.4) is 0 Å². The fraction of sp³-hybridized carbons (Fsp3) is 0.333. The number of hydrogen-bond donors (Lipinski definition) is 0. The minimum atomic E-state index is 0.0367. The predicted molar refractivity (Wildman–Crippen MR) is 101 cm³/mol. The molecule has 0 bridgehead atoms. The highest BCUT2D eigenvalue weighted by Crippen LogP contribution is 2.34. The Labute approximate surface area is 153 Å². The molecule has 134 valence electrons. The van der Waals surface area contributed by atoms with Crippen molar-refractivity contribution in [2.24, 2.45) is 0 Å². The van der Waals surface area contributed by atoms with Gasteiger partial charge in [-0.25, -0.2) is 4.98 Å². The van der Waals surface area contributed by atoms with Gasteiger partial charge in [-0.3, -0.25) is 4.79 Å². The number of ether oxygens (including phenoxy) is 1. The van der Waals surface area contributed by atoms with Crippen molar-refractivity contribution in [3.63, 3.8) is 0 Å². The Bertz CT molecular complexity index is 947. The van der Waals surface area contributed by atoms with Gasteiger partial charge < -0.3 is 14.2 Å². The third kappa shape index (κ3) is 2.83. The summed E-state index contributed by atoms with van der Waals surface area (Å²) >= 11 is 0. The van der Waals surface area contributed by atoms with Gasteiger partial charge in [0.25, 0.3) is 0 Å². The number of carbonyl (C=O) groups excluding carboxylic acids is 1. The van der Waals surface area contributed by atoms with Gasteiger partial charge in [0, 0.05) is 19.0 Å². The van der Waals surface area contributed by atoms with Crippen LogP contribution in [0.2, 0.25) is 0 Å². The van der Waals surface area contributed by atoms with Crippen LogP contribution >= 0.6 is 0 Å². The minimum Gasteiger partial charge on any atom is -0.496 e. The summed E-state index contributed by atoms with van der Waals surface area (Å²) in [5.41, 5.74) is 3.16. The third-order valence-electron chi connectivity index (χ3n) is 5.16. The summed E-state index contributed by atoms with van der Waals surface area (Å²) in [5, 5.41) is 0. The molecular weight excluding hydrogens is 326 g/mol. The number of benzene rings is 2. The number of nitrogens with zero attached hydrogens (tertiary/aromatic N) is 3. The molecular formula is C21H23N3O2. The van der Waals surface area contributed by atoms with Gasteiger partial charge in [0.15, 0.2) is 0 Å². The van der Waals surface area contributed by atoms with Crippen LogP contribution in [0.5, 0.6) is 5.75 Å². The second kappa shape index (κ2) is 6.83. The summed E-state index contributed by atoms with van der Waals surface area (Å²) < 4.78 is 7.77. The number of hydrogen-bond acceptors (Lipinski definition) is 3. The lowest BCUT2D eigenvalue weighted by Gasteiger charge is -2.24. The largest absolute Gasteiger partial charge is 0.496 e. The molecule has 1 amide bonds. The number of amides is 1. The number of para-hydroxylation sites is 3. The van der Waals surface area contributed by atoms with Gasteiger partial charge in [-0.05, 0) is 31.0 Å². The fourth-order valence-corrected chi connectivity index (χ4v) is 3.93. The molecule has 1 aliphatic rings. The number of rotatable bonds is 4. The summed E-state index contributed by atoms with van der Waals surface area (Å²) in [6.07, 6.45) is 1.97. The quantitative estimate of drug-likeness (QED) is 0.720. The van der Waals surface area contributed by atoms with Gasteiger partial charge in [-0.1, -0.05) is 30.3 Å². The number of methoxy groups -OCH3 is 1. The Morgan fingerprint density at radius 1 is 1.19 bits per heavy atom. The first-order valence-electron chi connectivity index (χ1n) is 9.03. The van der Waals surface area contributed by atoms with E-state index in [1.807, 2.05) is 41.3 Å². The molecule has 2 heterocycles. The molecule has 0 spiro atoms. The summed E-state index contributed by atoms with van der Waals surface area (Å²) in [7, 11) is 1.69. The first-order valence-corrected chi connectivity index (χ1v) is 9.03. The fourth-order valence-electron chi connectivity index (χ4n) is 3.93. The van der Waals surface area contributed by atoms with Gasteiger partial charge in [0.2, 0.25) is 5.91 Å². The van der Waals surface area contributed by atoms with E-state index in [9.17, 15) is 4.79 Å². The van der Waals surface area contributed by atoms with Crippen LogP contribution in [0, 0.1) is 0 Å². The molecule has 5 nitrogen and oxygen atoms in total.